The monoisotopic (exact) mass is 239 g/mol. The van der Waals surface area contributed by atoms with Gasteiger partial charge in [-0.05, 0) is 56.9 Å². The summed E-state index contributed by atoms with van der Waals surface area (Å²) in [6.45, 7) is 6.01. The van der Waals surface area contributed by atoms with Gasteiger partial charge in [0.15, 0.2) is 0 Å². The normalized spacial score (nSPS) is 13.8. The Morgan fingerprint density at radius 2 is 2.06 bits per heavy atom. The van der Waals surface area contributed by atoms with Gasteiger partial charge in [-0.15, -0.1) is 0 Å². The molecule has 0 saturated heterocycles. The molecule has 3 heteroatoms. The third-order valence-corrected chi connectivity index (χ3v) is 3.25. The maximum Gasteiger partial charge on any atom is 0.123 e. The van der Waals surface area contributed by atoms with E-state index in [1.165, 1.54) is 12.1 Å². The van der Waals surface area contributed by atoms with Crippen LogP contribution in [0, 0.1) is 12.7 Å². The fourth-order valence-electron chi connectivity index (χ4n) is 1.77. The van der Waals surface area contributed by atoms with Crippen molar-refractivity contribution in [2.24, 2.45) is 5.73 Å². The Kier molecular flexibility index (Phi) is 4.66. The van der Waals surface area contributed by atoms with Gasteiger partial charge in [-0.3, -0.25) is 0 Å². The number of halogens is 1. The van der Waals surface area contributed by atoms with E-state index in [0.717, 1.165) is 24.0 Å². The molecule has 0 radical (unpaired) electrons. The molecule has 1 aromatic carbocycles. The first-order chi connectivity index (χ1) is 7.85. The molecule has 0 aromatic heterocycles. The van der Waals surface area contributed by atoms with Crippen molar-refractivity contribution >= 4 is 0 Å². The van der Waals surface area contributed by atoms with E-state index >= 15 is 0 Å². The van der Waals surface area contributed by atoms with Crippen LogP contribution >= 0.6 is 0 Å². The fourth-order valence-corrected chi connectivity index (χ4v) is 1.77. The average molecular weight is 239 g/mol. The molecule has 1 unspecified atom stereocenters. The predicted molar refractivity (Wildman–Crippen MR) is 68.4 cm³/mol. The van der Waals surface area contributed by atoms with Gasteiger partial charge in [-0.1, -0.05) is 6.07 Å². The molecule has 1 aromatic rings. The fraction of sp³-hybridized carbons (Fsp3) is 0.571. The van der Waals surface area contributed by atoms with E-state index in [0.29, 0.717) is 0 Å². The van der Waals surface area contributed by atoms with E-state index in [-0.39, 0.29) is 17.5 Å². The molecule has 0 heterocycles. The summed E-state index contributed by atoms with van der Waals surface area (Å²) in [7, 11) is 1.69. The molecule has 1 rings (SSSR count). The topological polar surface area (TPSA) is 35.2 Å². The third-order valence-electron chi connectivity index (χ3n) is 3.25. The molecular formula is C14H22FNO. The number of rotatable bonds is 5. The summed E-state index contributed by atoms with van der Waals surface area (Å²) in [5.74, 6) is -0.230. The molecule has 96 valence electrons. The summed E-state index contributed by atoms with van der Waals surface area (Å²) in [6, 6.07) is 4.62. The Hall–Kier alpha value is -0.930. The van der Waals surface area contributed by atoms with E-state index in [4.69, 9.17) is 10.5 Å². The molecule has 0 spiro atoms. The Morgan fingerprint density at radius 1 is 1.41 bits per heavy atom. The lowest BCUT2D eigenvalue weighted by Gasteiger charge is -2.25. The molecule has 1 atom stereocenters. The minimum atomic E-state index is -0.230. The van der Waals surface area contributed by atoms with Crippen LogP contribution < -0.4 is 5.73 Å². The van der Waals surface area contributed by atoms with E-state index in [1.54, 1.807) is 13.2 Å². The van der Waals surface area contributed by atoms with Gasteiger partial charge >= 0.3 is 0 Å². The van der Waals surface area contributed by atoms with Gasteiger partial charge in [0.1, 0.15) is 5.82 Å². The van der Waals surface area contributed by atoms with Gasteiger partial charge in [-0.25, -0.2) is 4.39 Å². The second-order valence-electron chi connectivity index (χ2n) is 5.11. The number of benzene rings is 1. The summed E-state index contributed by atoms with van der Waals surface area (Å²) in [5.41, 5.74) is 7.84. The molecule has 0 saturated carbocycles. The van der Waals surface area contributed by atoms with Gasteiger partial charge < -0.3 is 10.5 Å². The van der Waals surface area contributed by atoms with Crippen molar-refractivity contribution in [2.75, 3.05) is 7.11 Å². The molecule has 0 aliphatic carbocycles. The largest absolute Gasteiger partial charge is 0.379 e. The molecule has 17 heavy (non-hydrogen) atoms. The smallest absolute Gasteiger partial charge is 0.123 e. The van der Waals surface area contributed by atoms with Crippen molar-refractivity contribution in [1.29, 1.82) is 0 Å². The SMILES string of the molecule is COC(C)(C)CCC(N)c1cc(F)ccc1C. The number of hydrogen-bond acceptors (Lipinski definition) is 2. The molecule has 0 amide bonds. The lowest BCUT2D eigenvalue weighted by Crippen LogP contribution is -2.25. The Labute approximate surface area is 103 Å². The maximum atomic E-state index is 13.2. The molecule has 0 bridgehead atoms. The molecule has 2 nitrogen and oxygen atoms in total. The zero-order valence-corrected chi connectivity index (χ0v) is 11.1. The van der Waals surface area contributed by atoms with E-state index in [2.05, 4.69) is 0 Å². The quantitative estimate of drug-likeness (QED) is 0.855. The van der Waals surface area contributed by atoms with E-state index < -0.39 is 0 Å². The van der Waals surface area contributed by atoms with Crippen LogP contribution in [0.2, 0.25) is 0 Å². The predicted octanol–water partition coefficient (Wildman–Crippen LogP) is 3.34. The number of aryl methyl sites for hydroxylation is 1. The highest BCUT2D eigenvalue weighted by molar-refractivity contribution is 5.29. The lowest BCUT2D eigenvalue weighted by atomic mass is 9.93. The number of methoxy groups -OCH3 is 1. The molecular weight excluding hydrogens is 217 g/mol. The molecule has 0 aliphatic rings. The van der Waals surface area contributed by atoms with Gasteiger partial charge in [0.2, 0.25) is 0 Å². The summed E-state index contributed by atoms with van der Waals surface area (Å²) >= 11 is 0. The average Bonchev–Trinajstić information content (AvgIpc) is 2.29. The molecule has 0 aliphatic heterocycles. The van der Waals surface area contributed by atoms with Gasteiger partial charge in [-0.2, -0.15) is 0 Å². The second kappa shape index (κ2) is 5.61. The van der Waals surface area contributed by atoms with E-state index in [9.17, 15) is 4.39 Å². The zero-order chi connectivity index (χ0) is 13.1. The summed E-state index contributed by atoms with van der Waals surface area (Å²) < 4.78 is 18.5. The van der Waals surface area contributed by atoms with Gasteiger partial charge in [0.05, 0.1) is 5.60 Å². The molecule has 0 fully saturated rings. The van der Waals surface area contributed by atoms with E-state index in [1.807, 2.05) is 20.8 Å². The lowest BCUT2D eigenvalue weighted by molar-refractivity contribution is 0.0125. The van der Waals surface area contributed by atoms with Crippen LogP contribution in [-0.2, 0) is 4.74 Å². The Bertz CT molecular complexity index is 376. The van der Waals surface area contributed by atoms with Crippen LogP contribution in [0.5, 0.6) is 0 Å². The van der Waals surface area contributed by atoms with Crippen molar-refractivity contribution in [1.82, 2.24) is 0 Å². The number of hydrogen-bond donors (Lipinski definition) is 1. The van der Waals surface area contributed by atoms with Gasteiger partial charge in [0.25, 0.3) is 0 Å². The van der Waals surface area contributed by atoms with Crippen LogP contribution in [0.1, 0.15) is 43.9 Å². The van der Waals surface area contributed by atoms with Crippen molar-refractivity contribution < 1.29 is 9.13 Å². The third kappa shape index (κ3) is 4.10. The summed E-state index contributed by atoms with van der Waals surface area (Å²) in [4.78, 5) is 0. The highest BCUT2D eigenvalue weighted by Crippen LogP contribution is 2.25. The van der Waals surface area contributed by atoms with Crippen LogP contribution in [-0.4, -0.2) is 12.7 Å². The van der Waals surface area contributed by atoms with Crippen LogP contribution in [0.25, 0.3) is 0 Å². The maximum absolute atomic E-state index is 13.2. The first-order valence-electron chi connectivity index (χ1n) is 5.92. The second-order valence-corrected chi connectivity index (χ2v) is 5.11. The van der Waals surface area contributed by atoms with Crippen LogP contribution in [0.4, 0.5) is 4.39 Å². The van der Waals surface area contributed by atoms with Crippen molar-refractivity contribution in [3.8, 4) is 0 Å². The Balaban J connectivity index is 2.70. The van der Waals surface area contributed by atoms with Crippen molar-refractivity contribution in [3.05, 3.63) is 35.1 Å². The minimum absolute atomic E-state index is 0.139. The zero-order valence-electron chi connectivity index (χ0n) is 11.1. The van der Waals surface area contributed by atoms with Gasteiger partial charge in [0, 0.05) is 13.2 Å². The number of ether oxygens (including phenoxy) is 1. The van der Waals surface area contributed by atoms with Crippen LogP contribution in [0.3, 0.4) is 0 Å². The highest BCUT2D eigenvalue weighted by atomic mass is 19.1. The standard InChI is InChI=1S/C14H22FNO/c1-10-5-6-11(15)9-12(10)13(16)7-8-14(2,3)17-4/h5-6,9,13H,7-8,16H2,1-4H3. The first-order valence-corrected chi connectivity index (χ1v) is 5.92. The molecule has 2 N–H and O–H groups in total. The highest BCUT2D eigenvalue weighted by Gasteiger charge is 2.19. The first kappa shape index (κ1) is 14.1. The van der Waals surface area contributed by atoms with Crippen LogP contribution in [0.15, 0.2) is 18.2 Å². The van der Waals surface area contributed by atoms with Crippen molar-refractivity contribution in [3.63, 3.8) is 0 Å². The Morgan fingerprint density at radius 3 is 2.65 bits per heavy atom. The summed E-state index contributed by atoms with van der Waals surface area (Å²) in [6.07, 6.45) is 1.63. The summed E-state index contributed by atoms with van der Waals surface area (Å²) in [5, 5.41) is 0. The number of nitrogens with two attached hydrogens (primary N) is 1. The minimum Gasteiger partial charge on any atom is -0.379 e. The van der Waals surface area contributed by atoms with Crippen molar-refractivity contribution in [2.45, 2.75) is 45.3 Å².